The van der Waals surface area contributed by atoms with Crippen LogP contribution in [0.2, 0.25) is 0 Å². The van der Waals surface area contributed by atoms with Crippen molar-refractivity contribution in [3.8, 4) is 0 Å². The lowest BCUT2D eigenvalue weighted by Gasteiger charge is -2.08. The molecule has 0 saturated carbocycles. The van der Waals surface area contributed by atoms with Crippen LogP contribution < -0.4 is 0 Å². The summed E-state index contributed by atoms with van der Waals surface area (Å²) in [7, 11) is 0. The molecule has 0 amide bonds. The summed E-state index contributed by atoms with van der Waals surface area (Å²) in [6.07, 6.45) is -0.192. The molecule has 0 spiro atoms. The van der Waals surface area contributed by atoms with E-state index in [2.05, 4.69) is 0 Å². The Morgan fingerprint density at radius 1 is 1.21 bits per heavy atom. The van der Waals surface area contributed by atoms with Crippen molar-refractivity contribution in [2.75, 3.05) is 0 Å². The number of thioether (sulfide) groups is 1. The summed E-state index contributed by atoms with van der Waals surface area (Å²) < 4.78 is 0. The molecule has 0 aliphatic heterocycles. The molecular formula is C14H16O4S. The standard InChI is InChI=1S/C14H16O4S/c1-9-3-4-12(13(16)5-6-14(17)18)11(7-9)8-19-10(2)15/h3-4,7H,5-6,8H2,1-2H3,(H,17,18). The number of ketones is 1. The highest BCUT2D eigenvalue weighted by atomic mass is 32.2. The van der Waals surface area contributed by atoms with Crippen molar-refractivity contribution in [1.29, 1.82) is 0 Å². The highest BCUT2D eigenvalue weighted by molar-refractivity contribution is 8.12. The van der Waals surface area contributed by atoms with E-state index in [9.17, 15) is 14.4 Å². The Morgan fingerprint density at radius 3 is 2.47 bits per heavy atom. The van der Waals surface area contributed by atoms with E-state index in [1.54, 1.807) is 6.07 Å². The fourth-order valence-corrected chi connectivity index (χ4v) is 2.25. The lowest BCUT2D eigenvalue weighted by Crippen LogP contribution is -2.07. The average Bonchev–Trinajstić information content (AvgIpc) is 2.33. The fraction of sp³-hybridized carbons (Fsp3) is 0.357. The van der Waals surface area contributed by atoms with Crippen molar-refractivity contribution in [2.45, 2.75) is 32.4 Å². The molecular weight excluding hydrogens is 264 g/mol. The van der Waals surface area contributed by atoms with Gasteiger partial charge < -0.3 is 5.11 Å². The minimum atomic E-state index is -0.986. The van der Waals surface area contributed by atoms with Crippen molar-refractivity contribution in [3.05, 3.63) is 34.9 Å². The molecule has 0 heterocycles. The molecule has 0 atom stereocenters. The van der Waals surface area contributed by atoms with Crippen molar-refractivity contribution in [1.82, 2.24) is 0 Å². The maximum atomic E-state index is 12.0. The van der Waals surface area contributed by atoms with E-state index in [0.29, 0.717) is 11.3 Å². The summed E-state index contributed by atoms with van der Waals surface area (Å²) in [5.41, 5.74) is 2.31. The molecule has 1 N–H and O–H groups in total. The second kappa shape index (κ2) is 7.09. The zero-order chi connectivity index (χ0) is 14.4. The van der Waals surface area contributed by atoms with Crippen molar-refractivity contribution in [2.24, 2.45) is 0 Å². The van der Waals surface area contributed by atoms with Gasteiger partial charge in [-0.3, -0.25) is 14.4 Å². The Bertz CT molecular complexity index is 508. The van der Waals surface area contributed by atoms with Crippen LogP contribution in [0.4, 0.5) is 0 Å². The number of carboxylic acids is 1. The van der Waals surface area contributed by atoms with Gasteiger partial charge in [-0.25, -0.2) is 0 Å². The van der Waals surface area contributed by atoms with Crippen LogP contribution in [0.3, 0.4) is 0 Å². The first-order valence-corrected chi connectivity index (χ1v) is 6.86. The van der Waals surface area contributed by atoms with E-state index in [1.165, 1.54) is 6.92 Å². The third kappa shape index (κ3) is 5.26. The van der Waals surface area contributed by atoms with Crippen LogP contribution in [0.15, 0.2) is 18.2 Å². The van der Waals surface area contributed by atoms with Crippen LogP contribution in [0, 0.1) is 6.92 Å². The van der Waals surface area contributed by atoms with E-state index >= 15 is 0 Å². The first-order chi connectivity index (χ1) is 8.90. The molecule has 102 valence electrons. The van der Waals surface area contributed by atoms with Gasteiger partial charge in [0, 0.05) is 24.7 Å². The van der Waals surface area contributed by atoms with Crippen LogP contribution in [0.25, 0.3) is 0 Å². The Kier molecular flexibility index (Phi) is 5.76. The van der Waals surface area contributed by atoms with Gasteiger partial charge in [0.15, 0.2) is 10.9 Å². The SMILES string of the molecule is CC(=O)SCc1cc(C)ccc1C(=O)CCC(=O)O. The molecule has 0 bridgehead atoms. The quantitative estimate of drug-likeness (QED) is 0.811. The lowest BCUT2D eigenvalue weighted by atomic mass is 9.99. The Labute approximate surface area is 116 Å². The monoisotopic (exact) mass is 280 g/mol. The van der Waals surface area contributed by atoms with Crippen LogP contribution in [0.5, 0.6) is 0 Å². The maximum absolute atomic E-state index is 12.0. The van der Waals surface area contributed by atoms with Crippen LogP contribution in [-0.2, 0) is 15.3 Å². The Morgan fingerprint density at radius 2 is 1.89 bits per heavy atom. The first-order valence-electron chi connectivity index (χ1n) is 5.88. The molecule has 0 aliphatic carbocycles. The number of rotatable bonds is 6. The molecule has 0 aliphatic rings. The second-order valence-corrected chi connectivity index (χ2v) is 5.41. The molecule has 5 heteroatoms. The molecule has 1 rings (SSSR count). The Hall–Kier alpha value is -1.62. The Balaban J connectivity index is 2.88. The minimum absolute atomic E-state index is 0.00885. The zero-order valence-electron chi connectivity index (χ0n) is 10.9. The van der Waals surface area contributed by atoms with E-state index in [1.807, 2.05) is 19.1 Å². The summed E-state index contributed by atoms with van der Waals surface area (Å²) in [6.45, 7) is 3.39. The summed E-state index contributed by atoms with van der Waals surface area (Å²) in [6, 6.07) is 5.38. The molecule has 0 radical (unpaired) electrons. The molecule has 19 heavy (non-hydrogen) atoms. The molecule has 1 aromatic rings. The number of carbonyl (C=O) groups excluding carboxylic acids is 2. The number of carboxylic acid groups (broad SMARTS) is 1. The average molecular weight is 280 g/mol. The summed E-state index contributed by atoms with van der Waals surface area (Å²) in [5.74, 6) is -0.743. The number of benzene rings is 1. The van der Waals surface area contributed by atoms with Gasteiger partial charge in [-0.15, -0.1) is 0 Å². The highest BCUT2D eigenvalue weighted by Gasteiger charge is 2.13. The van der Waals surface area contributed by atoms with Gasteiger partial charge in [0.25, 0.3) is 0 Å². The minimum Gasteiger partial charge on any atom is -0.481 e. The van der Waals surface area contributed by atoms with Gasteiger partial charge in [-0.2, -0.15) is 0 Å². The van der Waals surface area contributed by atoms with Gasteiger partial charge in [-0.05, 0) is 12.5 Å². The number of carbonyl (C=O) groups is 3. The van der Waals surface area contributed by atoms with Crippen molar-refractivity contribution in [3.63, 3.8) is 0 Å². The third-order valence-electron chi connectivity index (χ3n) is 2.56. The number of Topliss-reactive ketones (excluding diaryl/α,β-unsaturated/α-hetero) is 1. The van der Waals surface area contributed by atoms with Crippen molar-refractivity contribution < 1.29 is 19.5 Å². The van der Waals surface area contributed by atoms with Gasteiger partial charge >= 0.3 is 5.97 Å². The predicted octanol–water partition coefficient (Wildman–Crippen LogP) is 2.82. The van der Waals surface area contributed by atoms with E-state index < -0.39 is 5.97 Å². The number of hydrogen-bond donors (Lipinski definition) is 1. The number of aryl methyl sites for hydroxylation is 1. The number of aliphatic carboxylic acids is 1. The zero-order valence-corrected chi connectivity index (χ0v) is 11.8. The highest BCUT2D eigenvalue weighted by Crippen LogP contribution is 2.20. The largest absolute Gasteiger partial charge is 0.481 e. The third-order valence-corrected chi connectivity index (χ3v) is 3.42. The molecule has 0 aromatic heterocycles. The molecule has 1 aromatic carbocycles. The first kappa shape index (κ1) is 15.4. The molecule has 0 fully saturated rings. The van der Waals surface area contributed by atoms with Crippen LogP contribution in [-0.4, -0.2) is 22.0 Å². The second-order valence-electron chi connectivity index (χ2n) is 4.26. The molecule has 0 saturated heterocycles. The van der Waals surface area contributed by atoms with Crippen molar-refractivity contribution >= 4 is 28.6 Å². The lowest BCUT2D eigenvalue weighted by molar-refractivity contribution is -0.136. The van der Waals surface area contributed by atoms with Gasteiger partial charge in [0.05, 0.1) is 6.42 Å². The molecule has 4 nitrogen and oxygen atoms in total. The van der Waals surface area contributed by atoms with Gasteiger partial charge in [-0.1, -0.05) is 35.5 Å². The van der Waals surface area contributed by atoms with Gasteiger partial charge in [0.1, 0.15) is 0 Å². The normalized spacial score (nSPS) is 10.2. The molecule has 0 unspecified atom stereocenters. The van der Waals surface area contributed by atoms with Gasteiger partial charge in [0.2, 0.25) is 0 Å². The topological polar surface area (TPSA) is 71.4 Å². The summed E-state index contributed by atoms with van der Waals surface area (Å²) >= 11 is 1.14. The van der Waals surface area contributed by atoms with E-state index in [-0.39, 0.29) is 23.7 Å². The van der Waals surface area contributed by atoms with Crippen LogP contribution >= 0.6 is 11.8 Å². The fourth-order valence-electron chi connectivity index (χ4n) is 1.65. The van der Waals surface area contributed by atoms with E-state index in [0.717, 1.165) is 22.9 Å². The smallest absolute Gasteiger partial charge is 0.303 e. The summed E-state index contributed by atoms with van der Waals surface area (Å²) in [4.78, 5) is 33.5. The predicted molar refractivity (Wildman–Crippen MR) is 74.4 cm³/mol. The number of hydrogen-bond acceptors (Lipinski definition) is 4. The maximum Gasteiger partial charge on any atom is 0.303 e. The summed E-state index contributed by atoms with van der Waals surface area (Å²) in [5, 5.41) is 8.59. The van der Waals surface area contributed by atoms with E-state index in [4.69, 9.17) is 5.11 Å². The van der Waals surface area contributed by atoms with Crippen LogP contribution in [0.1, 0.15) is 41.3 Å².